The Kier molecular flexibility index (Phi) is 12.9. The van der Waals surface area contributed by atoms with Crippen LogP contribution in [0.5, 0.6) is 5.75 Å². The highest BCUT2D eigenvalue weighted by atomic mass is 35.5. The van der Waals surface area contributed by atoms with E-state index in [2.05, 4.69) is 10.3 Å². The number of nitrogens with one attached hydrogen (secondary N) is 1. The molecule has 242 valence electrons. The largest absolute Gasteiger partial charge is 0.494 e. The molecule has 4 N–H and O–H groups in total. The van der Waals surface area contributed by atoms with E-state index in [1.54, 1.807) is 4.90 Å². The number of anilines is 1. The van der Waals surface area contributed by atoms with E-state index in [1.807, 2.05) is 0 Å². The summed E-state index contributed by atoms with van der Waals surface area (Å²) in [5.74, 6) is -3.29. The lowest BCUT2D eigenvalue weighted by atomic mass is 10.0. The second-order valence-corrected chi connectivity index (χ2v) is 10.4. The van der Waals surface area contributed by atoms with Gasteiger partial charge in [-0.1, -0.05) is 11.6 Å². The third-order valence-corrected chi connectivity index (χ3v) is 7.38. The lowest BCUT2D eigenvalue weighted by molar-refractivity contribution is -0.123. The summed E-state index contributed by atoms with van der Waals surface area (Å²) in [5.41, 5.74) is 6.06. The number of aromatic nitrogens is 2. The summed E-state index contributed by atoms with van der Waals surface area (Å²) in [4.78, 5) is 52.4. The molecule has 2 aromatic carbocycles. The van der Waals surface area contributed by atoms with Crippen molar-refractivity contribution in [2.45, 2.75) is 19.3 Å². The van der Waals surface area contributed by atoms with E-state index in [1.165, 1.54) is 55.3 Å². The highest BCUT2D eigenvalue weighted by Gasteiger charge is 2.29. The van der Waals surface area contributed by atoms with Crippen molar-refractivity contribution in [3.63, 3.8) is 0 Å². The van der Waals surface area contributed by atoms with Crippen LogP contribution in [0.3, 0.4) is 0 Å². The summed E-state index contributed by atoms with van der Waals surface area (Å²) in [5, 5.41) is 9.70. The number of ether oxygens (including phenoxy) is 2. The molecule has 1 aliphatic rings. The average molecular weight is 650 g/mol. The number of nitrogens with two attached hydrogens (primary N) is 1. The molecule has 0 saturated carbocycles. The second kappa shape index (κ2) is 16.6. The van der Waals surface area contributed by atoms with E-state index in [-0.39, 0.29) is 57.5 Å². The van der Waals surface area contributed by atoms with Gasteiger partial charge in [-0.3, -0.25) is 19.2 Å². The van der Waals surface area contributed by atoms with Crippen LogP contribution in [0.25, 0.3) is 11.3 Å². The maximum absolute atomic E-state index is 14.6. The Morgan fingerprint density at radius 2 is 1.93 bits per heavy atom. The molecule has 1 aliphatic heterocycles. The predicted octanol–water partition coefficient (Wildman–Crippen LogP) is 3.77. The molecule has 15 heteroatoms. The van der Waals surface area contributed by atoms with Crippen molar-refractivity contribution in [2.75, 3.05) is 45.3 Å². The monoisotopic (exact) mass is 649 g/mol. The van der Waals surface area contributed by atoms with Gasteiger partial charge in [0.05, 0.1) is 42.8 Å². The minimum absolute atomic E-state index is 0.0551. The quantitative estimate of drug-likeness (QED) is 0.196. The number of benzene rings is 2. The number of rotatable bonds is 12. The van der Waals surface area contributed by atoms with E-state index in [9.17, 15) is 23.2 Å². The van der Waals surface area contributed by atoms with E-state index in [0.29, 0.717) is 57.8 Å². The van der Waals surface area contributed by atoms with Crippen molar-refractivity contribution in [1.82, 2.24) is 14.5 Å². The van der Waals surface area contributed by atoms with Crippen LogP contribution in [0, 0.1) is 17.6 Å². The normalized spacial score (nSPS) is 14.0. The first kappa shape index (κ1) is 35.1. The second-order valence-electron chi connectivity index (χ2n) is 10.0. The molecular weight excluding hydrogens is 616 g/mol. The van der Waals surface area contributed by atoms with E-state index >= 15 is 0 Å². The van der Waals surface area contributed by atoms with Crippen LogP contribution in [-0.4, -0.2) is 83.6 Å². The molecule has 0 aliphatic carbocycles. The average Bonchev–Trinajstić information content (AvgIpc) is 3.63. The van der Waals surface area contributed by atoms with Crippen LogP contribution < -0.4 is 15.8 Å². The fourth-order valence-corrected chi connectivity index (χ4v) is 5.12. The minimum Gasteiger partial charge on any atom is -0.494 e. The summed E-state index contributed by atoms with van der Waals surface area (Å²) >= 11 is 6.42. The number of carbonyl (C=O) groups excluding carboxylic acids is 3. The Morgan fingerprint density at radius 1 is 1.20 bits per heavy atom. The highest BCUT2D eigenvalue weighted by Crippen LogP contribution is 2.31. The van der Waals surface area contributed by atoms with Gasteiger partial charge in [0.15, 0.2) is 17.4 Å². The zero-order valence-corrected chi connectivity index (χ0v) is 25.5. The molecule has 1 saturated heterocycles. The lowest BCUT2D eigenvalue weighted by Crippen LogP contribution is -2.29. The number of hydrogen-bond donors (Lipinski definition) is 3. The van der Waals surface area contributed by atoms with Crippen molar-refractivity contribution in [3.05, 3.63) is 64.6 Å². The molecule has 0 radical (unpaired) electrons. The van der Waals surface area contributed by atoms with Gasteiger partial charge in [-0.2, -0.15) is 4.39 Å². The molecule has 3 aromatic rings. The third-order valence-electron chi connectivity index (χ3n) is 7.07. The molecule has 1 fully saturated rings. The summed E-state index contributed by atoms with van der Waals surface area (Å²) in [6.07, 6.45) is 2.68. The number of amides is 2. The van der Waals surface area contributed by atoms with E-state index < -0.39 is 17.5 Å². The minimum atomic E-state index is -1.14. The number of ketones is 1. The molecule has 0 bridgehead atoms. The van der Waals surface area contributed by atoms with Crippen molar-refractivity contribution in [1.29, 1.82) is 0 Å². The Morgan fingerprint density at radius 3 is 2.60 bits per heavy atom. The van der Waals surface area contributed by atoms with Crippen LogP contribution in [0.4, 0.5) is 14.5 Å². The third kappa shape index (κ3) is 8.84. The van der Waals surface area contributed by atoms with Crippen molar-refractivity contribution < 1.29 is 42.5 Å². The van der Waals surface area contributed by atoms with Gasteiger partial charge in [-0.25, -0.2) is 9.37 Å². The van der Waals surface area contributed by atoms with Gasteiger partial charge in [0.25, 0.3) is 18.3 Å². The topological polar surface area (TPSA) is 166 Å². The SMILES string of the molecule is COc1ccc(-c2cnc(C(=O)Nc3ccc(C(=O)N4CCC(CC(=O)CCOCCN)C4)c(Cl)c3)n2C)c(F)c1F.O=CO. The van der Waals surface area contributed by atoms with Gasteiger partial charge in [-0.15, -0.1) is 0 Å². The van der Waals surface area contributed by atoms with Crippen LogP contribution in [-0.2, 0) is 21.4 Å². The first-order valence-corrected chi connectivity index (χ1v) is 14.3. The van der Waals surface area contributed by atoms with Crippen LogP contribution in [0.15, 0.2) is 36.5 Å². The van der Waals surface area contributed by atoms with Crippen molar-refractivity contribution in [3.8, 4) is 17.0 Å². The molecule has 1 unspecified atom stereocenters. The van der Waals surface area contributed by atoms with Crippen molar-refractivity contribution >= 4 is 41.4 Å². The molecule has 2 heterocycles. The molecule has 1 atom stereocenters. The molecule has 2 amide bonds. The number of carboxylic acid groups (broad SMARTS) is 1. The number of carbonyl (C=O) groups is 4. The van der Waals surface area contributed by atoms with E-state index in [0.717, 1.165) is 0 Å². The van der Waals surface area contributed by atoms with Crippen LogP contribution >= 0.6 is 11.6 Å². The zero-order chi connectivity index (χ0) is 33.1. The Balaban J connectivity index is 0.00000177. The maximum atomic E-state index is 14.6. The Hall–Kier alpha value is -4.40. The Labute approximate surface area is 263 Å². The van der Waals surface area contributed by atoms with Gasteiger partial charge in [0.1, 0.15) is 5.78 Å². The zero-order valence-electron chi connectivity index (χ0n) is 24.7. The van der Waals surface area contributed by atoms with Gasteiger partial charge in [0, 0.05) is 50.8 Å². The van der Waals surface area contributed by atoms with Gasteiger partial charge in [0.2, 0.25) is 5.82 Å². The van der Waals surface area contributed by atoms with Gasteiger partial charge >= 0.3 is 0 Å². The predicted molar refractivity (Wildman–Crippen MR) is 161 cm³/mol. The van der Waals surface area contributed by atoms with Crippen molar-refractivity contribution in [2.24, 2.45) is 18.7 Å². The number of likely N-dealkylation sites (tertiary alicyclic amines) is 1. The molecule has 0 spiro atoms. The maximum Gasteiger partial charge on any atom is 0.291 e. The number of nitrogens with zero attached hydrogens (tertiary/aromatic N) is 3. The lowest BCUT2D eigenvalue weighted by Gasteiger charge is -2.18. The Bertz CT molecular complexity index is 1530. The van der Waals surface area contributed by atoms with Crippen LogP contribution in [0.2, 0.25) is 5.02 Å². The summed E-state index contributed by atoms with van der Waals surface area (Å²) in [6.45, 7) is 1.87. The molecule has 1 aromatic heterocycles. The fourth-order valence-electron chi connectivity index (χ4n) is 4.86. The fraction of sp³-hybridized carbons (Fsp3) is 0.367. The molecular formula is C30H34ClF2N5O7. The molecule has 4 rings (SSSR count). The number of methoxy groups -OCH3 is 1. The van der Waals surface area contributed by atoms with Crippen LogP contribution in [0.1, 0.15) is 40.2 Å². The number of hydrogen-bond acceptors (Lipinski definition) is 8. The first-order valence-electron chi connectivity index (χ1n) is 13.9. The van der Waals surface area contributed by atoms with Gasteiger partial charge < -0.3 is 35.1 Å². The summed E-state index contributed by atoms with van der Waals surface area (Å²) in [7, 11) is 2.73. The number of halogens is 3. The number of imidazole rings is 1. The molecule has 12 nitrogen and oxygen atoms in total. The smallest absolute Gasteiger partial charge is 0.291 e. The standard InChI is InChI=1S/C29H32ClF2N5O5.CH2O2/c1-36-23(21-5-6-24(41-2)26(32)25(21)31)15-34-27(36)28(39)35-18-3-4-20(22(30)14-18)29(40)37-10-7-17(16-37)13-19(38)8-11-42-12-9-33;2-1-3/h3-6,14-15,17H,7-13,16,33H2,1-2H3,(H,35,39);1H,(H,2,3). The molecule has 45 heavy (non-hydrogen) atoms. The first-order chi connectivity index (χ1) is 21.6. The summed E-state index contributed by atoms with van der Waals surface area (Å²) < 4.78 is 40.2. The number of Topliss-reactive ketones (excluding diaryl/α,β-unsaturated/α-hetero) is 1. The van der Waals surface area contributed by atoms with Gasteiger partial charge in [-0.05, 0) is 42.7 Å². The summed E-state index contributed by atoms with van der Waals surface area (Å²) in [6, 6.07) is 7.14. The van der Waals surface area contributed by atoms with E-state index in [4.69, 9.17) is 36.7 Å². The highest BCUT2D eigenvalue weighted by molar-refractivity contribution is 6.34.